The molecule has 0 amide bonds. The SMILES string of the molecule is CC(CNc1ccc(Cl)cc1[N+](=O)[O-])NS(=O)(=O)c1ccc(Cl)cc1. The summed E-state index contributed by atoms with van der Waals surface area (Å²) in [5.41, 5.74) is 0.0761. The summed E-state index contributed by atoms with van der Waals surface area (Å²) in [6, 6.07) is 9.46. The Hall–Kier alpha value is -1.87. The lowest BCUT2D eigenvalue weighted by Gasteiger charge is -2.16. The van der Waals surface area contributed by atoms with E-state index >= 15 is 0 Å². The second kappa shape index (κ2) is 8.01. The van der Waals surface area contributed by atoms with Crippen LogP contribution in [-0.4, -0.2) is 25.9 Å². The van der Waals surface area contributed by atoms with Gasteiger partial charge in [-0.15, -0.1) is 0 Å². The van der Waals surface area contributed by atoms with Gasteiger partial charge in [0.05, 0.1) is 9.82 Å². The van der Waals surface area contributed by atoms with Gasteiger partial charge in [0.2, 0.25) is 10.0 Å². The average molecular weight is 404 g/mol. The van der Waals surface area contributed by atoms with Crippen molar-refractivity contribution in [3.8, 4) is 0 Å². The molecular weight excluding hydrogens is 389 g/mol. The van der Waals surface area contributed by atoms with Gasteiger partial charge in [0, 0.05) is 28.7 Å². The smallest absolute Gasteiger partial charge is 0.293 e. The van der Waals surface area contributed by atoms with Crippen molar-refractivity contribution >= 4 is 44.6 Å². The van der Waals surface area contributed by atoms with Gasteiger partial charge in [-0.1, -0.05) is 23.2 Å². The first-order valence-corrected chi connectivity index (χ1v) is 9.38. The molecule has 0 spiro atoms. The molecule has 2 aromatic rings. The molecule has 1 atom stereocenters. The number of nitrogens with zero attached hydrogens (tertiary/aromatic N) is 1. The highest BCUT2D eigenvalue weighted by molar-refractivity contribution is 7.89. The van der Waals surface area contributed by atoms with Crippen LogP contribution in [0.4, 0.5) is 11.4 Å². The van der Waals surface area contributed by atoms with Crippen LogP contribution in [0.25, 0.3) is 0 Å². The molecular formula is C15H15Cl2N3O4S. The van der Waals surface area contributed by atoms with E-state index in [1.165, 1.54) is 42.5 Å². The summed E-state index contributed by atoms with van der Waals surface area (Å²) >= 11 is 11.5. The first kappa shape index (κ1) is 19.5. The van der Waals surface area contributed by atoms with Crippen LogP contribution in [0.15, 0.2) is 47.4 Å². The van der Waals surface area contributed by atoms with Gasteiger partial charge < -0.3 is 5.32 Å². The van der Waals surface area contributed by atoms with E-state index in [0.29, 0.717) is 5.02 Å². The van der Waals surface area contributed by atoms with Crippen molar-refractivity contribution in [2.75, 3.05) is 11.9 Å². The van der Waals surface area contributed by atoms with Gasteiger partial charge in [-0.05, 0) is 43.3 Å². The Morgan fingerprint density at radius 1 is 1.12 bits per heavy atom. The minimum atomic E-state index is -3.72. The molecule has 1 unspecified atom stereocenters. The van der Waals surface area contributed by atoms with Gasteiger partial charge in [-0.2, -0.15) is 0 Å². The van der Waals surface area contributed by atoms with Crippen molar-refractivity contribution < 1.29 is 13.3 Å². The zero-order valence-electron chi connectivity index (χ0n) is 13.1. The van der Waals surface area contributed by atoms with Gasteiger partial charge in [-0.25, -0.2) is 13.1 Å². The lowest BCUT2D eigenvalue weighted by atomic mass is 10.2. The minimum absolute atomic E-state index is 0.0845. The van der Waals surface area contributed by atoms with E-state index in [9.17, 15) is 18.5 Å². The normalized spacial score (nSPS) is 12.6. The fraction of sp³-hybridized carbons (Fsp3) is 0.200. The number of nitro groups is 1. The summed E-state index contributed by atoms with van der Waals surface area (Å²) in [6.45, 7) is 1.79. The van der Waals surface area contributed by atoms with Crippen LogP contribution in [0.1, 0.15) is 6.92 Å². The quantitative estimate of drug-likeness (QED) is 0.542. The molecule has 0 radical (unpaired) electrons. The Kier molecular flexibility index (Phi) is 6.23. The molecule has 0 heterocycles. The van der Waals surface area contributed by atoms with Gasteiger partial charge >= 0.3 is 0 Å². The molecule has 2 rings (SSSR count). The Morgan fingerprint density at radius 3 is 2.32 bits per heavy atom. The molecule has 0 saturated heterocycles. The summed E-state index contributed by atoms with van der Waals surface area (Å²) in [6.07, 6.45) is 0. The molecule has 134 valence electrons. The highest BCUT2D eigenvalue weighted by Crippen LogP contribution is 2.27. The minimum Gasteiger partial charge on any atom is -0.378 e. The van der Waals surface area contributed by atoms with Crippen LogP contribution in [-0.2, 0) is 10.0 Å². The summed E-state index contributed by atoms with van der Waals surface area (Å²) in [7, 11) is -3.72. The molecule has 2 aromatic carbocycles. The second-order valence-corrected chi connectivity index (χ2v) is 7.86. The number of nitrogens with one attached hydrogen (secondary N) is 2. The standard InChI is InChI=1S/C15H15Cl2N3O4S/c1-10(19-25(23,24)13-5-2-11(16)3-6-13)9-18-14-7-4-12(17)8-15(14)20(21)22/h2-8,10,18-19H,9H2,1H3. The lowest BCUT2D eigenvalue weighted by molar-refractivity contribution is -0.383. The Morgan fingerprint density at radius 2 is 1.72 bits per heavy atom. The van der Waals surface area contributed by atoms with Crippen LogP contribution >= 0.6 is 23.2 Å². The van der Waals surface area contributed by atoms with E-state index in [1.807, 2.05) is 0 Å². The van der Waals surface area contributed by atoms with Crippen LogP contribution < -0.4 is 10.0 Å². The molecule has 25 heavy (non-hydrogen) atoms. The van der Waals surface area contributed by atoms with Crippen molar-refractivity contribution in [1.29, 1.82) is 0 Å². The maximum atomic E-state index is 12.3. The predicted octanol–water partition coefficient (Wildman–Crippen LogP) is 3.68. The van der Waals surface area contributed by atoms with E-state index < -0.39 is 21.0 Å². The first-order chi connectivity index (χ1) is 11.7. The highest BCUT2D eigenvalue weighted by atomic mass is 35.5. The predicted molar refractivity (Wildman–Crippen MR) is 97.8 cm³/mol. The van der Waals surface area contributed by atoms with E-state index in [0.717, 1.165) is 0 Å². The Bertz CT molecular complexity index is 873. The molecule has 0 bridgehead atoms. The zero-order valence-corrected chi connectivity index (χ0v) is 15.4. The fourth-order valence-electron chi connectivity index (χ4n) is 2.06. The summed E-state index contributed by atoms with van der Waals surface area (Å²) in [5, 5.41) is 14.6. The third-order valence-corrected chi connectivity index (χ3v) is 5.33. The van der Waals surface area contributed by atoms with Crippen molar-refractivity contribution in [2.24, 2.45) is 0 Å². The zero-order chi connectivity index (χ0) is 18.6. The Balaban J connectivity index is 2.05. The number of rotatable bonds is 7. The fourth-order valence-corrected chi connectivity index (χ4v) is 3.59. The molecule has 10 heteroatoms. The van der Waals surface area contributed by atoms with Crippen LogP contribution in [0.2, 0.25) is 10.0 Å². The monoisotopic (exact) mass is 403 g/mol. The van der Waals surface area contributed by atoms with Crippen molar-refractivity contribution in [3.05, 3.63) is 62.6 Å². The number of benzene rings is 2. The molecule has 0 fully saturated rings. The van der Waals surface area contributed by atoms with E-state index in [4.69, 9.17) is 23.2 Å². The number of nitro benzene ring substituents is 1. The van der Waals surface area contributed by atoms with Gasteiger partial charge in [0.1, 0.15) is 5.69 Å². The maximum Gasteiger partial charge on any atom is 0.293 e. The van der Waals surface area contributed by atoms with Crippen molar-refractivity contribution in [3.63, 3.8) is 0 Å². The third-order valence-electron chi connectivity index (χ3n) is 3.24. The molecule has 0 aliphatic carbocycles. The van der Waals surface area contributed by atoms with Crippen LogP contribution in [0.3, 0.4) is 0 Å². The molecule has 2 N–H and O–H groups in total. The summed E-state index contributed by atoms with van der Waals surface area (Å²) in [5.74, 6) is 0. The third kappa shape index (κ3) is 5.30. The highest BCUT2D eigenvalue weighted by Gasteiger charge is 2.19. The summed E-state index contributed by atoms with van der Waals surface area (Å²) in [4.78, 5) is 10.6. The molecule has 0 aromatic heterocycles. The number of sulfonamides is 1. The topological polar surface area (TPSA) is 101 Å². The number of hydrogen-bond acceptors (Lipinski definition) is 5. The van der Waals surface area contributed by atoms with Gasteiger partial charge in [0.25, 0.3) is 5.69 Å². The van der Waals surface area contributed by atoms with Crippen LogP contribution in [0, 0.1) is 10.1 Å². The van der Waals surface area contributed by atoms with Gasteiger partial charge in [0.15, 0.2) is 0 Å². The van der Waals surface area contributed by atoms with Crippen LogP contribution in [0.5, 0.6) is 0 Å². The second-order valence-electron chi connectivity index (χ2n) is 5.28. The summed E-state index contributed by atoms with van der Waals surface area (Å²) < 4.78 is 27.0. The van der Waals surface area contributed by atoms with E-state index in [2.05, 4.69) is 10.0 Å². The lowest BCUT2D eigenvalue weighted by Crippen LogP contribution is -2.37. The number of halogens is 2. The van der Waals surface area contributed by atoms with Crippen molar-refractivity contribution in [1.82, 2.24) is 4.72 Å². The maximum absolute atomic E-state index is 12.3. The molecule has 0 saturated carbocycles. The Labute approximate surface area is 155 Å². The number of anilines is 1. The number of hydrogen-bond donors (Lipinski definition) is 2. The molecule has 0 aliphatic rings. The average Bonchev–Trinajstić information content (AvgIpc) is 2.53. The van der Waals surface area contributed by atoms with E-state index in [-0.39, 0.29) is 27.8 Å². The van der Waals surface area contributed by atoms with E-state index in [1.54, 1.807) is 6.92 Å². The largest absolute Gasteiger partial charge is 0.378 e. The molecule has 7 nitrogen and oxygen atoms in total. The molecule has 0 aliphatic heterocycles. The van der Waals surface area contributed by atoms with Crippen molar-refractivity contribution in [2.45, 2.75) is 17.9 Å². The van der Waals surface area contributed by atoms with Gasteiger partial charge in [-0.3, -0.25) is 10.1 Å². The first-order valence-electron chi connectivity index (χ1n) is 7.15.